The molecule has 0 bridgehead atoms. The molecule has 0 heteroatoms. The van der Waals surface area contributed by atoms with Crippen LogP contribution in [0.2, 0.25) is 0 Å². The highest BCUT2D eigenvalue weighted by atomic mass is 14.1. The molecule has 0 amide bonds. The van der Waals surface area contributed by atoms with Gasteiger partial charge in [-0.05, 0) is 23.0 Å². The third kappa shape index (κ3) is 3.78. The van der Waals surface area contributed by atoms with Crippen LogP contribution >= 0.6 is 0 Å². The Morgan fingerprint density at radius 1 is 1.07 bits per heavy atom. The van der Waals surface area contributed by atoms with Crippen LogP contribution in [0, 0.1) is 5.41 Å². The van der Waals surface area contributed by atoms with E-state index >= 15 is 0 Å². The highest BCUT2D eigenvalue weighted by Crippen LogP contribution is 2.17. The molecule has 76 valence electrons. The van der Waals surface area contributed by atoms with Gasteiger partial charge in [0, 0.05) is 0 Å². The van der Waals surface area contributed by atoms with Gasteiger partial charge in [0.1, 0.15) is 0 Å². The van der Waals surface area contributed by atoms with Gasteiger partial charge in [0.2, 0.25) is 0 Å². The summed E-state index contributed by atoms with van der Waals surface area (Å²) in [5.41, 5.74) is 2.96. The zero-order valence-electron chi connectivity index (χ0n) is 9.67. The molecule has 0 fully saturated rings. The van der Waals surface area contributed by atoms with Crippen molar-refractivity contribution in [1.82, 2.24) is 0 Å². The lowest BCUT2D eigenvalue weighted by molar-refractivity contribution is 0.547. The van der Waals surface area contributed by atoms with Crippen molar-refractivity contribution in [3.63, 3.8) is 0 Å². The number of hydrogen-bond acceptors (Lipinski definition) is 0. The zero-order valence-corrected chi connectivity index (χ0v) is 9.67. The lowest BCUT2D eigenvalue weighted by Crippen LogP contribution is -1.97. The van der Waals surface area contributed by atoms with E-state index in [1.165, 1.54) is 11.1 Å². The van der Waals surface area contributed by atoms with E-state index in [1.807, 2.05) is 0 Å². The molecule has 0 unspecified atom stereocenters. The molecular weight excluding hydrogens is 168 g/mol. The van der Waals surface area contributed by atoms with E-state index in [2.05, 4.69) is 64.1 Å². The molecule has 0 saturated carbocycles. The number of aryl methyl sites for hydroxylation is 1. The molecular formula is C14H20. The Kier molecular flexibility index (Phi) is 3.51. The van der Waals surface area contributed by atoms with Crippen molar-refractivity contribution in [3.8, 4) is 0 Å². The third-order valence-corrected chi connectivity index (χ3v) is 2.16. The molecule has 1 aromatic rings. The van der Waals surface area contributed by atoms with Crippen LogP contribution in [0.3, 0.4) is 0 Å². The summed E-state index contributed by atoms with van der Waals surface area (Å²) in [6.07, 6.45) is 5.55. The van der Waals surface area contributed by atoms with E-state index in [0.717, 1.165) is 6.42 Å². The topological polar surface area (TPSA) is 0 Å². The summed E-state index contributed by atoms with van der Waals surface area (Å²) in [5, 5.41) is 0. The lowest BCUT2D eigenvalue weighted by atomic mass is 9.95. The van der Waals surface area contributed by atoms with Crippen molar-refractivity contribution in [3.05, 3.63) is 41.5 Å². The highest BCUT2D eigenvalue weighted by Gasteiger charge is 2.02. The average molecular weight is 188 g/mol. The van der Waals surface area contributed by atoms with E-state index in [4.69, 9.17) is 0 Å². The molecule has 0 heterocycles. The number of rotatable bonds is 2. The minimum atomic E-state index is 0.267. The molecule has 1 rings (SSSR count). The smallest absolute Gasteiger partial charge is 0.0200 e. The SMILES string of the molecule is CCc1ccc(/C=C\C(C)(C)C)cc1. The van der Waals surface area contributed by atoms with Crippen LogP contribution in [0.25, 0.3) is 6.08 Å². The van der Waals surface area contributed by atoms with Gasteiger partial charge in [0.05, 0.1) is 0 Å². The van der Waals surface area contributed by atoms with Gasteiger partial charge in [-0.25, -0.2) is 0 Å². The first-order valence-corrected chi connectivity index (χ1v) is 5.29. The molecule has 0 spiro atoms. The van der Waals surface area contributed by atoms with Crippen LogP contribution in [0.4, 0.5) is 0 Å². The van der Waals surface area contributed by atoms with Gasteiger partial charge in [-0.1, -0.05) is 64.1 Å². The monoisotopic (exact) mass is 188 g/mol. The fourth-order valence-corrected chi connectivity index (χ4v) is 1.21. The van der Waals surface area contributed by atoms with Gasteiger partial charge in [-0.15, -0.1) is 0 Å². The minimum absolute atomic E-state index is 0.267. The van der Waals surface area contributed by atoms with Crippen molar-refractivity contribution >= 4 is 6.08 Å². The van der Waals surface area contributed by atoms with Gasteiger partial charge in [-0.3, -0.25) is 0 Å². The molecule has 0 aliphatic rings. The Hall–Kier alpha value is -1.04. The van der Waals surface area contributed by atoms with Crippen LogP contribution in [0.1, 0.15) is 38.8 Å². The minimum Gasteiger partial charge on any atom is -0.0785 e. The van der Waals surface area contributed by atoms with Crippen molar-refractivity contribution in [2.75, 3.05) is 0 Å². The third-order valence-electron chi connectivity index (χ3n) is 2.16. The van der Waals surface area contributed by atoms with Crippen LogP contribution in [0.15, 0.2) is 30.3 Å². The average Bonchev–Trinajstić information content (AvgIpc) is 2.14. The first kappa shape index (κ1) is 11.0. The number of hydrogen-bond donors (Lipinski definition) is 0. The van der Waals surface area contributed by atoms with Crippen LogP contribution < -0.4 is 0 Å². The van der Waals surface area contributed by atoms with Gasteiger partial charge in [0.15, 0.2) is 0 Å². The van der Waals surface area contributed by atoms with Gasteiger partial charge >= 0.3 is 0 Å². The molecule has 0 saturated heterocycles. The summed E-state index contributed by atoms with van der Waals surface area (Å²) in [5.74, 6) is 0. The first-order valence-electron chi connectivity index (χ1n) is 5.29. The molecule has 0 aliphatic carbocycles. The van der Waals surface area contributed by atoms with Crippen LogP contribution in [-0.4, -0.2) is 0 Å². The standard InChI is InChI=1S/C14H20/c1-5-12-6-8-13(9-7-12)10-11-14(2,3)4/h6-11H,5H2,1-4H3/b11-10-. The van der Waals surface area contributed by atoms with E-state index in [9.17, 15) is 0 Å². The second kappa shape index (κ2) is 4.45. The van der Waals surface area contributed by atoms with Crippen LogP contribution in [-0.2, 0) is 6.42 Å². The Morgan fingerprint density at radius 2 is 1.64 bits per heavy atom. The summed E-state index contributed by atoms with van der Waals surface area (Å²) in [4.78, 5) is 0. The summed E-state index contributed by atoms with van der Waals surface area (Å²) in [7, 11) is 0. The van der Waals surface area contributed by atoms with Crippen molar-refractivity contribution < 1.29 is 0 Å². The normalized spacial score (nSPS) is 12.3. The van der Waals surface area contributed by atoms with E-state index in [0.29, 0.717) is 0 Å². The Bertz CT molecular complexity index is 296. The molecule has 0 radical (unpaired) electrons. The molecule has 1 aromatic carbocycles. The maximum absolute atomic E-state index is 2.24. The van der Waals surface area contributed by atoms with Crippen molar-refractivity contribution in [2.24, 2.45) is 5.41 Å². The molecule has 14 heavy (non-hydrogen) atoms. The molecule has 0 N–H and O–H groups in total. The number of benzene rings is 1. The molecule has 0 aromatic heterocycles. The Morgan fingerprint density at radius 3 is 2.07 bits per heavy atom. The number of allylic oxidation sites excluding steroid dienone is 1. The zero-order chi connectivity index (χ0) is 10.6. The fraction of sp³-hybridized carbons (Fsp3) is 0.429. The Labute approximate surface area is 87.7 Å². The second-order valence-electron chi connectivity index (χ2n) is 4.79. The van der Waals surface area contributed by atoms with Crippen LogP contribution in [0.5, 0.6) is 0 Å². The molecule has 0 nitrogen and oxygen atoms in total. The van der Waals surface area contributed by atoms with E-state index in [1.54, 1.807) is 0 Å². The summed E-state index contributed by atoms with van der Waals surface area (Å²) >= 11 is 0. The van der Waals surface area contributed by atoms with E-state index < -0.39 is 0 Å². The first-order chi connectivity index (χ1) is 6.51. The maximum Gasteiger partial charge on any atom is -0.0200 e. The predicted molar refractivity (Wildman–Crippen MR) is 64.3 cm³/mol. The summed E-state index contributed by atoms with van der Waals surface area (Å²) in [6.45, 7) is 8.82. The van der Waals surface area contributed by atoms with Gasteiger partial charge in [-0.2, -0.15) is 0 Å². The fourth-order valence-electron chi connectivity index (χ4n) is 1.21. The second-order valence-corrected chi connectivity index (χ2v) is 4.79. The quantitative estimate of drug-likeness (QED) is 0.649. The summed E-state index contributed by atoms with van der Waals surface area (Å²) in [6, 6.07) is 8.76. The highest BCUT2D eigenvalue weighted by molar-refractivity contribution is 5.50. The van der Waals surface area contributed by atoms with Crippen molar-refractivity contribution in [1.29, 1.82) is 0 Å². The summed E-state index contributed by atoms with van der Waals surface area (Å²) < 4.78 is 0. The lowest BCUT2D eigenvalue weighted by Gasteiger charge is -2.10. The predicted octanol–water partition coefficient (Wildman–Crippen LogP) is 4.31. The molecule has 0 aliphatic heterocycles. The molecule has 0 atom stereocenters. The van der Waals surface area contributed by atoms with Gasteiger partial charge in [0.25, 0.3) is 0 Å². The maximum atomic E-state index is 2.24. The van der Waals surface area contributed by atoms with Crippen molar-refractivity contribution in [2.45, 2.75) is 34.1 Å². The van der Waals surface area contributed by atoms with Gasteiger partial charge < -0.3 is 0 Å². The largest absolute Gasteiger partial charge is 0.0785 e. The Balaban J connectivity index is 2.74. The van der Waals surface area contributed by atoms with E-state index in [-0.39, 0.29) is 5.41 Å².